The maximum Gasteiger partial charge on any atom is 0.316 e. The van der Waals surface area contributed by atoms with Crippen LogP contribution in [0, 0.1) is 0 Å². The van der Waals surface area contributed by atoms with E-state index in [-0.39, 0.29) is 63.0 Å². The Bertz CT molecular complexity index is 8.00. The zero-order valence-corrected chi connectivity index (χ0v) is 2.06. The van der Waals surface area contributed by atoms with Gasteiger partial charge in [-0.05, 0) is 0 Å². The summed E-state index contributed by atoms with van der Waals surface area (Å²) in [7, 11) is 0. The molecule has 0 saturated carbocycles. The van der Waals surface area contributed by atoms with E-state index < -0.39 is 0 Å². The second-order valence-electron chi connectivity index (χ2n) is 0. The summed E-state index contributed by atoms with van der Waals surface area (Å²) < 4.78 is 0. The third-order valence-corrected chi connectivity index (χ3v) is 0. The monoisotopic (exact) mass is 129 g/mol. The largest absolute Gasteiger partial charge is 0.412 e. The van der Waals surface area contributed by atoms with E-state index in [9.17, 15) is 0 Å². The number of rotatable bonds is 0. The minimum absolute atomic E-state index is 0. The van der Waals surface area contributed by atoms with E-state index in [1.165, 1.54) is 0 Å². The quantitative estimate of drug-likeness (QED) is 0.314. The first-order chi connectivity index (χ1) is 0. The molecule has 0 saturated heterocycles. The van der Waals surface area contributed by atoms with Gasteiger partial charge in [0.05, 0.1) is 0 Å². The Kier molecular flexibility index (Phi) is 225. The molecule has 0 aromatic carbocycles. The number of hydrogen-bond acceptors (Lipinski definition) is 0. The van der Waals surface area contributed by atoms with Crippen molar-refractivity contribution in [2.24, 2.45) is 0 Å². The Balaban J connectivity index is 0. The van der Waals surface area contributed by atoms with Crippen molar-refractivity contribution in [2.45, 2.75) is 0 Å². The molecule has 0 amide bonds. The van der Waals surface area contributed by atoms with Crippen molar-refractivity contribution in [2.75, 3.05) is 0 Å². The Morgan fingerprint density at radius 1 is 1.00 bits per heavy atom. The van der Waals surface area contributed by atoms with Crippen molar-refractivity contribution in [1.82, 2.24) is 0 Å². The summed E-state index contributed by atoms with van der Waals surface area (Å²) in [4.78, 5) is 0. The van der Waals surface area contributed by atoms with Gasteiger partial charge in [0.15, 0.2) is 17.4 Å². The first kappa shape index (κ1) is 41.7. The van der Waals surface area contributed by atoms with E-state index in [1.54, 1.807) is 0 Å². The van der Waals surface area contributed by atoms with Crippen LogP contribution < -0.4 is 0 Å². The molecule has 0 aliphatic carbocycles. The molecule has 0 heterocycles. The SMILES string of the molecule is O.[AlH3].[MgH2].[Mn]. The van der Waals surface area contributed by atoms with Crippen molar-refractivity contribution in [3.63, 3.8) is 0 Å². The summed E-state index contributed by atoms with van der Waals surface area (Å²) in [6, 6.07) is 0. The van der Waals surface area contributed by atoms with E-state index in [1.807, 2.05) is 0 Å². The van der Waals surface area contributed by atoms with E-state index in [2.05, 4.69) is 0 Å². The van der Waals surface area contributed by atoms with Crippen molar-refractivity contribution in [3.05, 3.63) is 0 Å². The van der Waals surface area contributed by atoms with Gasteiger partial charge in [-0.25, -0.2) is 0 Å². The summed E-state index contributed by atoms with van der Waals surface area (Å²) >= 11 is 0. The van der Waals surface area contributed by atoms with Gasteiger partial charge < -0.3 is 5.48 Å². The maximum absolute atomic E-state index is 0. The normalized spacial score (nSPS) is 0. The second-order valence-corrected chi connectivity index (χ2v) is 0. The summed E-state index contributed by atoms with van der Waals surface area (Å²) in [5, 5.41) is 0. The predicted octanol–water partition coefficient (Wildman–Crippen LogP) is -2.93. The van der Waals surface area contributed by atoms with Crippen LogP contribution in [0.15, 0.2) is 0 Å². The zero-order chi connectivity index (χ0) is 0. The molecule has 0 rings (SSSR count). The first-order valence-electron chi connectivity index (χ1n) is 0. The average molecular weight is 129 g/mol. The Morgan fingerprint density at radius 2 is 1.00 bits per heavy atom. The molecule has 0 aliphatic heterocycles. The minimum atomic E-state index is 0. The van der Waals surface area contributed by atoms with Crippen molar-refractivity contribution >= 4 is 40.4 Å². The minimum Gasteiger partial charge on any atom is -0.412 e. The molecular formula is H7AlMgMnO. The molecule has 0 aliphatic rings. The van der Waals surface area contributed by atoms with E-state index in [0.29, 0.717) is 0 Å². The van der Waals surface area contributed by atoms with Crippen LogP contribution >= 0.6 is 0 Å². The van der Waals surface area contributed by atoms with Gasteiger partial charge in [0.1, 0.15) is 0 Å². The van der Waals surface area contributed by atoms with Crippen LogP contribution in [0.1, 0.15) is 0 Å². The van der Waals surface area contributed by atoms with E-state index >= 15 is 0 Å². The van der Waals surface area contributed by atoms with Gasteiger partial charge >= 0.3 is 23.1 Å². The molecule has 0 aromatic heterocycles. The van der Waals surface area contributed by atoms with Gasteiger partial charge in [-0.2, -0.15) is 0 Å². The third kappa shape index (κ3) is 9.22. The summed E-state index contributed by atoms with van der Waals surface area (Å²) in [5.41, 5.74) is 0. The number of hydrogen-bond donors (Lipinski definition) is 0. The Labute approximate surface area is 62.6 Å². The van der Waals surface area contributed by atoms with Gasteiger partial charge in [0.25, 0.3) is 0 Å². The molecule has 0 unspecified atom stereocenters. The summed E-state index contributed by atoms with van der Waals surface area (Å²) in [6.07, 6.45) is 0. The van der Waals surface area contributed by atoms with Gasteiger partial charge in [-0.15, -0.1) is 0 Å². The Hall–Kier alpha value is 1.78. The summed E-state index contributed by atoms with van der Waals surface area (Å²) in [6.45, 7) is 0. The summed E-state index contributed by atoms with van der Waals surface area (Å²) in [5.74, 6) is 0. The second kappa shape index (κ2) is 21.6. The van der Waals surface area contributed by atoms with E-state index in [4.69, 9.17) is 0 Å². The molecule has 1 radical (unpaired) electrons. The molecule has 2 N–H and O–H groups in total. The molecule has 0 atom stereocenters. The zero-order valence-electron chi connectivity index (χ0n) is 0.878. The predicted molar refractivity (Wildman–Crippen MR) is 22.1 cm³/mol. The van der Waals surface area contributed by atoms with Crippen LogP contribution in [0.3, 0.4) is 0 Å². The van der Waals surface area contributed by atoms with Crippen molar-refractivity contribution in [3.8, 4) is 0 Å². The topological polar surface area (TPSA) is 31.5 Å². The standard InChI is InChI=1S/Al.Mg.Mn.H2O.5H/h;;;1H2;;;;;. The van der Waals surface area contributed by atoms with Crippen LogP contribution in [0.5, 0.6) is 0 Å². The first-order valence-corrected chi connectivity index (χ1v) is 0. The average Bonchev–Trinajstić information content (AvgIpc) is 0. The van der Waals surface area contributed by atoms with Gasteiger partial charge in [0.2, 0.25) is 0 Å². The van der Waals surface area contributed by atoms with Crippen LogP contribution in [0.4, 0.5) is 0 Å². The molecule has 25 valence electrons. The van der Waals surface area contributed by atoms with Crippen molar-refractivity contribution in [1.29, 1.82) is 0 Å². The van der Waals surface area contributed by atoms with Crippen LogP contribution in [-0.4, -0.2) is 45.9 Å². The Morgan fingerprint density at radius 3 is 1.00 bits per heavy atom. The molecule has 0 bridgehead atoms. The van der Waals surface area contributed by atoms with Crippen LogP contribution in [0.2, 0.25) is 0 Å². The third-order valence-electron chi connectivity index (χ3n) is 0. The molecule has 0 aromatic rings. The van der Waals surface area contributed by atoms with Gasteiger partial charge in [0, 0.05) is 17.1 Å². The molecule has 0 spiro atoms. The fourth-order valence-electron chi connectivity index (χ4n) is 0. The fraction of sp³-hybridized carbons (Fsp3) is 0. The smallest absolute Gasteiger partial charge is 0.316 e. The van der Waals surface area contributed by atoms with E-state index in [0.717, 1.165) is 0 Å². The molecule has 1 nitrogen and oxygen atoms in total. The van der Waals surface area contributed by atoms with Crippen molar-refractivity contribution < 1.29 is 22.5 Å². The van der Waals surface area contributed by atoms with Gasteiger partial charge in [-0.3, -0.25) is 0 Å². The molecule has 4 heavy (non-hydrogen) atoms. The van der Waals surface area contributed by atoms with Gasteiger partial charge in [-0.1, -0.05) is 0 Å². The van der Waals surface area contributed by atoms with Crippen LogP contribution in [0.25, 0.3) is 0 Å². The maximum atomic E-state index is 0. The molecule has 4 heteroatoms. The fourth-order valence-corrected chi connectivity index (χ4v) is 0. The van der Waals surface area contributed by atoms with Crippen LogP contribution in [-0.2, 0) is 17.1 Å². The molecular weight excluding hydrogens is 122 g/mol. The molecule has 0 fully saturated rings.